The second-order valence-electron chi connectivity index (χ2n) is 5.78. The number of fused-ring (bicyclic) bond motifs is 1. The summed E-state index contributed by atoms with van der Waals surface area (Å²) in [6.07, 6.45) is 2.95. The third-order valence-corrected chi connectivity index (χ3v) is 2.96. The van der Waals surface area contributed by atoms with Gasteiger partial charge in [0.05, 0.1) is 0 Å². The maximum absolute atomic E-state index is 11.2. The van der Waals surface area contributed by atoms with E-state index in [9.17, 15) is 9.90 Å². The molecule has 6 heteroatoms. The van der Waals surface area contributed by atoms with Gasteiger partial charge in [0.1, 0.15) is 17.6 Å². The van der Waals surface area contributed by atoms with Crippen molar-refractivity contribution in [2.75, 3.05) is 0 Å². The highest BCUT2D eigenvalue weighted by molar-refractivity contribution is 6.00. The topological polar surface area (TPSA) is 91.3 Å². The summed E-state index contributed by atoms with van der Waals surface area (Å²) in [5, 5.41) is 13.9. The molecule has 0 aromatic carbocycles. The number of hydrogen-bond donors (Lipinski definition) is 1. The molecule has 2 heterocycles. The number of aryl methyl sites for hydroxylation is 1. The summed E-state index contributed by atoms with van der Waals surface area (Å²) in [6.45, 7) is 6.40. The Morgan fingerprint density at radius 1 is 1.47 bits per heavy atom. The highest BCUT2D eigenvalue weighted by atomic mass is 16.3. The minimum Gasteiger partial charge on any atom is -0.507 e. The Balaban J connectivity index is 2.50. The number of carbonyl (C=O) groups excluding carboxylic acids is 1. The van der Waals surface area contributed by atoms with E-state index in [0.29, 0.717) is 6.42 Å². The SMILES string of the molecule is CC(C)(C)CCc1cc(O)c(C([NH])=O)c2ncnn12. The van der Waals surface area contributed by atoms with Gasteiger partial charge in [-0.25, -0.2) is 9.50 Å². The molecule has 2 aromatic heterocycles. The van der Waals surface area contributed by atoms with Gasteiger partial charge >= 0.3 is 0 Å². The highest BCUT2D eigenvalue weighted by Crippen LogP contribution is 2.26. The Morgan fingerprint density at radius 3 is 2.74 bits per heavy atom. The second kappa shape index (κ2) is 4.53. The van der Waals surface area contributed by atoms with Crippen molar-refractivity contribution in [3.63, 3.8) is 0 Å². The molecule has 0 fully saturated rings. The van der Waals surface area contributed by atoms with Gasteiger partial charge in [-0.2, -0.15) is 5.10 Å². The van der Waals surface area contributed by atoms with Crippen molar-refractivity contribution in [2.24, 2.45) is 5.41 Å². The lowest BCUT2D eigenvalue weighted by molar-refractivity contribution is 0.0990. The first-order chi connectivity index (χ1) is 8.79. The van der Waals surface area contributed by atoms with Crippen LogP contribution < -0.4 is 5.73 Å². The first kappa shape index (κ1) is 13.3. The van der Waals surface area contributed by atoms with E-state index in [0.717, 1.165) is 12.1 Å². The maximum Gasteiger partial charge on any atom is 0.277 e. The van der Waals surface area contributed by atoms with Gasteiger partial charge in [0.15, 0.2) is 5.65 Å². The lowest BCUT2D eigenvalue weighted by Gasteiger charge is -2.18. The average molecular weight is 261 g/mol. The van der Waals surface area contributed by atoms with Crippen molar-refractivity contribution in [2.45, 2.75) is 33.6 Å². The van der Waals surface area contributed by atoms with Crippen LogP contribution in [0.1, 0.15) is 43.2 Å². The van der Waals surface area contributed by atoms with E-state index in [4.69, 9.17) is 5.73 Å². The van der Waals surface area contributed by atoms with Gasteiger partial charge in [-0.3, -0.25) is 10.5 Å². The van der Waals surface area contributed by atoms with Crippen LogP contribution >= 0.6 is 0 Å². The zero-order valence-corrected chi connectivity index (χ0v) is 11.3. The molecular weight excluding hydrogens is 244 g/mol. The molecule has 0 aliphatic rings. The number of rotatable bonds is 3. The molecule has 1 radical (unpaired) electrons. The van der Waals surface area contributed by atoms with Gasteiger partial charge in [0.2, 0.25) is 0 Å². The fourth-order valence-electron chi connectivity index (χ4n) is 1.93. The maximum atomic E-state index is 11.2. The van der Waals surface area contributed by atoms with Crippen LogP contribution in [0.15, 0.2) is 12.4 Å². The molecule has 19 heavy (non-hydrogen) atoms. The van der Waals surface area contributed by atoms with Crippen LogP contribution in [0.4, 0.5) is 0 Å². The van der Waals surface area contributed by atoms with Crippen molar-refractivity contribution in [3.8, 4) is 5.75 Å². The number of nitrogens with one attached hydrogen (secondary N) is 1. The fraction of sp³-hybridized carbons (Fsp3) is 0.462. The normalized spacial score (nSPS) is 11.9. The van der Waals surface area contributed by atoms with Crippen LogP contribution in [0.2, 0.25) is 0 Å². The van der Waals surface area contributed by atoms with E-state index >= 15 is 0 Å². The van der Waals surface area contributed by atoms with Gasteiger partial charge < -0.3 is 5.11 Å². The molecule has 2 aromatic rings. The summed E-state index contributed by atoms with van der Waals surface area (Å²) in [7, 11) is 0. The molecule has 6 nitrogen and oxygen atoms in total. The molecule has 0 saturated carbocycles. The summed E-state index contributed by atoms with van der Waals surface area (Å²) in [5.41, 5.74) is 8.25. The number of carbonyl (C=O) groups is 1. The van der Waals surface area contributed by atoms with E-state index in [1.807, 2.05) is 0 Å². The molecule has 1 amide bonds. The van der Waals surface area contributed by atoms with Gasteiger partial charge in [-0.05, 0) is 18.3 Å². The molecule has 2 rings (SSSR count). The summed E-state index contributed by atoms with van der Waals surface area (Å²) in [5.74, 6) is -1.16. The molecule has 2 N–H and O–H groups in total. The number of nitrogens with zero attached hydrogens (tertiary/aromatic N) is 3. The molecular formula is C13H17N4O2. The first-order valence-corrected chi connectivity index (χ1v) is 6.10. The van der Waals surface area contributed by atoms with Crippen LogP contribution in [-0.4, -0.2) is 25.6 Å². The van der Waals surface area contributed by atoms with Gasteiger partial charge in [-0.15, -0.1) is 0 Å². The smallest absolute Gasteiger partial charge is 0.277 e. The lowest BCUT2D eigenvalue weighted by Crippen LogP contribution is -2.11. The second-order valence-corrected chi connectivity index (χ2v) is 5.78. The predicted octanol–water partition coefficient (Wildman–Crippen LogP) is 1.84. The van der Waals surface area contributed by atoms with Crippen molar-refractivity contribution >= 4 is 11.6 Å². The lowest BCUT2D eigenvalue weighted by atomic mass is 9.89. The Labute approximate surface area is 111 Å². The molecule has 0 bridgehead atoms. The summed E-state index contributed by atoms with van der Waals surface area (Å²) >= 11 is 0. The monoisotopic (exact) mass is 261 g/mol. The van der Waals surface area contributed by atoms with E-state index in [2.05, 4.69) is 30.9 Å². The van der Waals surface area contributed by atoms with Gasteiger partial charge in [0, 0.05) is 11.8 Å². The highest BCUT2D eigenvalue weighted by Gasteiger charge is 2.19. The molecule has 0 aliphatic heterocycles. The van der Waals surface area contributed by atoms with Crippen LogP contribution in [0.25, 0.3) is 5.65 Å². The van der Waals surface area contributed by atoms with Crippen LogP contribution in [0.3, 0.4) is 0 Å². The van der Waals surface area contributed by atoms with Crippen molar-refractivity contribution in [1.82, 2.24) is 20.3 Å². The number of aromatic hydroxyl groups is 1. The molecule has 0 aliphatic carbocycles. The largest absolute Gasteiger partial charge is 0.507 e. The number of amides is 1. The molecule has 0 atom stereocenters. The Morgan fingerprint density at radius 2 is 2.16 bits per heavy atom. The van der Waals surface area contributed by atoms with E-state index in [1.54, 1.807) is 0 Å². The fourth-order valence-corrected chi connectivity index (χ4v) is 1.93. The Kier molecular flexibility index (Phi) is 3.18. The zero-order valence-electron chi connectivity index (χ0n) is 11.3. The minimum atomic E-state index is -0.960. The van der Waals surface area contributed by atoms with Crippen LogP contribution in [0.5, 0.6) is 5.75 Å². The Bertz CT molecular complexity index is 625. The molecule has 101 valence electrons. The van der Waals surface area contributed by atoms with Gasteiger partial charge in [0.25, 0.3) is 5.91 Å². The number of pyridine rings is 1. The quantitative estimate of drug-likeness (QED) is 0.912. The zero-order chi connectivity index (χ0) is 14.2. The standard InChI is InChI=1S/C13H17N4O2/c1-13(2,3)5-4-8-6-9(18)10(11(14)19)12-15-7-16-17(8)12/h6-7,14,18H,4-5H2,1-3H3. The third-order valence-electron chi connectivity index (χ3n) is 2.96. The Hall–Kier alpha value is -2.11. The van der Waals surface area contributed by atoms with Gasteiger partial charge in [-0.1, -0.05) is 20.8 Å². The number of hydrogen-bond acceptors (Lipinski definition) is 4. The van der Waals surface area contributed by atoms with E-state index in [1.165, 1.54) is 16.9 Å². The van der Waals surface area contributed by atoms with Crippen LogP contribution in [0, 0.1) is 5.41 Å². The number of aromatic nitrogens is 3. The van der Waals surface area contributed by atoms with Crippen molar-refractivity contribution < 1.29 is 9.90 Å². The summed E-state index contributed by atoms with van der Waals surface area (Å²) in [4.78, 5) is 15.2. The first-order valence-electron chi connectivity index (χ1n) is 6.10. The summed E-state index contributed by atoms with van der Waals surface area (Å²) in [6, 6.07) is 1.50. The van der Waals surface area contributed by atoms with Crippen molar-refractivity contribution in [3.05, 3.63) is 23.7 Å². The van der Waals surface area contributed by atoms with Crippen LogP contribution in [-0.2, 0) is 6.42 Å². The molecule has 0 spiro atoms. The van der Waals surface area contributed by atoms with E-state index < -0.39 is 5.91 Å². The van der Waals surface area contributed by atoms with Crippen molar-refractivity contribution in [1.29, 1.82) is 0 Å². The summed E-state index contributed by atoms with van der Waals surface area (Å²) < 4.78 is 1.52. The van der Waals surface area contributed by atoms with E-state index in [-0.39, 0.29) is 22.4 Å². The minimum absolute atomic E-state index is 0.1000. The average Bonchev–Trinajstić information content (AvgIpc) is 2.72. The predicted molar refractivity (Wildman–Crippen MR) is 69.9 cm³/mol. The third kappa shape index (κ3) is 2.67. The molecule has 0 saturated heterocycles. The molecule has 0 unspecified atom stereocenters.